The van der Waals surface area contributed by atoms with Gasteiger partial charge in [-0.1, -0.05) is 0 Å². The highest BCUT2D eigenvalue weighted by molar-refractivity contribution is 5.72. The van der Waals surface area contributed by atoms with Crippen LogP contribution in [0.25, 0.3) is 0 Å². The van der Waals surface area contributed by atoms with E-state index < -0.39 is 18.4 Å². The van der Waals surface area contributed by atoms with E-state index in [0.717, 1.165) is 6.42 Å². The minimum absolute atomic E-state index is 0.135. The monoisotopic (exact) mass is 230 g/mol. The molecule has 0 aromatic rings. The smallest absolute Gasteiger partial charge is 0.335 e. The van der Waals surface area contributed by atoms with Gasteiger partial charge in [-0.3, -0.25) is 4.79 Å². The summed E-state index contributed by atoms with van der Waals surface area (Å²) in [6.07, 6.45) is 5.99. The van der Waals surface area contributed by atoms with Gasteiger partial charge in [0.1, 0.15) is 0 Å². The lowest BCUT2D eigenvalue weighted by Crippen LogP contribution is -2.22. The summed E-state index contributed by atoms with van der Waals surface area (Å²) in [5, 5.41) is 15.5. The van der Waals surface area contributed by atoms with E-state index in [1.54, 1.807) is 0 Å². The van der Waals surface area contributed by atoms with E-state index in [1.165, 1.54) is 0 Å². The van der Waals surface area contributed by atoms with Crippen LogP contribution in [0.2, 0.25) is 0 Å². The molecule has 0 saturated carbocycles. The molecule has 90 valence electrons. The number of rotatable bonds is 4. The number of terminal acetylenes is 1. The summed E-state index contributed by atoms with van der Waals surface area (Å²) in [4.78, 5) is 18.8. The van der Waals surface area contributed by atoms with Crippen LogP contribution in [0.5, 0.6) is 0 Å². The van der Waals surface area contributed by atoms with E-state index in [0.29, 0.717) is 12.8 Å². The van der Waals surface area contributed by atoms with Gasteiger partial charge in [-0.2, -0.15) is 0 Å². The molecule has 0 aliphatic carbocycles. The summed E-state index contributed by atoms with van der Waals surface area (Å²) >= 11 is 0. The van der Waals surface area contributed by atoms with E-state index in [1.807, 2.05) is 0 Å². The van der Waals surface area contributed by atoms with Crippen molar-refractivity contribution in [3.63, 3.8) is 0 Å². The van der Waals surface area contributed by atoms with Crippen LogP contribution in [0.3, 0.4) is 0 Å². The van der Waals surface area contributed by atoms with Crippen LogP contribution in [-0.4, -0.2) is 41.7 Å². The summed E-state index contributed by atoms with van der Waals surface area (Å²) in [7, 11) is 0. The van der Waals surface area contributed by atoms with Gasteiger partial charge in [0.05, 0.1) is 6.61 Å². The number of aliphatic carboxylic acids is 1. The van der Waals surface area contributed by atoms with Crippen LogP contribution in [0.4, 0.5) is 0 Å². The first-order valence-electron chi connectivity index (χ1n) is 4.66. The molecular weight excluding hydrogens is 216 g/mol. The van der Waals surface area contributed by atoms with Gasteiger partial charge in [0.2, 0.25) is 0 Å². The van der Waals surface area contributed by atoms with Gasteiger partial charge in [0.15, 0.2) is 12.4 Å². The average molecular weight is 230 g/mol. The van der Waals surface area contributed by atoms with Crippen molar-refractivity contribution >= 4 is 12.4 Å². The number of ether oxygens (including phenoxy) is 2. The number of hydrogen-bond donors (Lipinski definition) is 2. The fraction of sp³-hybridized carbons (Fsp3) is 0.600. The van der Waals surface area contributed by atoms with Crippen molar-refractivity contribution in [1.29, 1.82) is 0 Å². The molecule has 0 spiro atoms. The molecule has 16 heavy (non-hydrogen) atoms. The maximum Gasteiger partial charge on any atom is 0.335 e. The largest absolute Gasteiger partial charge is 0.483 e. The highest BCUT2D eigenvalue weighted by atomic mass is 16.7. The average Bonchev–Trinajstić information content (AvgIpc) is 2.68. The molecule has 1 fully saturated rings. The molecule has 6 heteroatoms. The van der Waals surface area contributed by atoms with Crippen LogP contribution < -0.4 is 0 Å². The molecule has 0 aromatic heterocycles. The Kier molecular flexibility index (Phi) is 7.85. The van der Waals surface area contributed by atoms with Crippen molar-refractivity contribution in [2.45, 2.75) is 31.7 Å². The standard InChI is InChI=1S/C9H12O4.CH2O2/c1-2-3-4-5-8-12-6-7(13-8)9(10)11;2-1-3/h1,7-8H,3-6H2,(H,10,11);1H,(H,2,3). The Bertz CT molecular complexity index is 257. The summed E-state index contributed by atoms with van der Waals surface area (Å²) in [5.74, 6) is 1.53. The fourth-order valence-corrected chi connectivity index (χ4v) is 1.11. The molecule has 1 aliphatic heterocycles. The third-order valence-electron chi connectivity index (χ3n) is 1.79. The zero-order valence-corrected chi connectivity index (χ0v) is 8.67. The minimum atomic E-state index is -0.973. The Hall–Kier alpha value is -1.58. The molecule has 2 unspecified atom stereocenters. The lowest BCUT2D eigenvalue weighted by atomic mass is 10.2. The first-order valence-corrected chi connectivity index (χ1v) is 4.66. The number of carboxylic acid groups (broad SMARTS) is 2. The molecule has 2 atom stereocenters. The Labute approximate surface area is 93.2 Å². The van der Waals surface area contributed by atoms with Crippen molar-refractivity contribution in [2.75, 3.05) is 6.61 Å². The quantitative estimate of drug-likeness (QED) is 0.410. The Morgan fingerprint density at radius 3 is 2.69 bits per heavy atom. The SMILES string of the molecule is C#CCCCC1OCC(C(=O)O)O1.O=CO. The molecule has 0 radical (unpaired) electrons. The Morgan fingerprint density at radius 2 is 2.25 bits per heavy atom. The van der Waals surface area contributed by atoms with Crippen LogP contribution >= 0.6 is 0 Å². The van der Waals surface area contributed by atoms with Crippen molar-refractivity contribution in [1.82, 2.24) is 0 Å². The maximum atomic E-state index is 10.4. The van der Waals surface area contributed by atoms with E-state index >= 15 is 0 Å². The maximum absolute atomic E-state index is 10.4. The predicted octanol–water partition coefficient (Wildman–Crippen LogP) is 0.317. The molecule has 1 saturated heterocycles. The third-order valence-corrected chi connectivity index (χ3v) is 1.79. The Morgan fingerprint density at radius 1 is 1.62 bits per heavy atom. The van der Waals surface area contributed by atoms with Gasteiger partial charge in [0, 0.05) is 6.42 Å². The minimum Gasteiger partial charge on any atom is -0.483 e. The van der Waals surface area contributed by atoms with Crippen LogP contribution in [-0.2, 0) is 19.1 Å². The Balaban J connectivity index is 0.000000673. The number of unbranched alkanes of at least 4 members (excludes halogenated alkanes) is 1. The van der Waals surface area contributed by atoms with Crippen molar-refractivity contribution < 1.29 is 29.3 Å². The first-order chi connectivity index (χ1) is 7.65. The van der Waals surface area contributed by atoms with Crippen LogP contribution in [0.1, 0.15) is 19.3 Å². The molecule has 0 aromatic carbocycles. The zero-order chi connectivity index (χ0) is 12.4. The third kappa shape index (κ3) is 6.01. The van der Waals surface area contributed by atoms with Crippen molar-refractivity contribution in [2.24, 2.45) is 0 Å². The molecule has 0 bridgehead atoms. The number of hydrogen-bond acceptors (Lipinski definition) is 4. The van der Waals surface area contributed by atoms with Gasteiger partial charge in [0.25, 0.3) is 6.47 Å². The molecular formula is C10H14O6. The van der Waals surface area contributed by atoms with Crippen molar-refractivity contribution in [3.8, 4) is 12.3 Å². The zero-order valence-electron chi connectivity index (χ0n) is 8.67. The molecule has 2 N–H and O–H groups in total. The molecule has 1 aliphatic rings. The lowest BCUT2D eigenvalue weighted by Gasteiger charge is -2.07. The lowest BCUT2D eigenvalue weighted by molar-refractivity contribution is -0.150. The topological polar surface area (TPSA) is 93.1 Å². The highest BCUT2D eigenvalue weighted by Crippen LogP contribution is 2.16. The van der Waals surface area contributed by atoms with Gasteiger partial charge >= 0.3 is 5.97 Å². The first kappa shape index (κ1) is 14.4. The van der Waals surface area contributed by atoms with Gasteiger partial charge in [-0.25, -0.2) is 4.79 Å². The van der Waals surface area contributed by atoms with Crippen LogP contribution in [0, 0.1) is 12.3 Å². The van der Waals surface area contributed by atoms with E-state index in [2.05, 4.69) is 5.92 Å². The van der Waals surface area contributed by atoms with E-state index in [4.69, 9.17) is 30.9 Å². The van der Waals surface area contributed by atoms with Crippen molar-refractivity contribution in [3.05, 3.63) is 0 Å². The normalized spacial score (nSPS) is 22.7. The molecule has 1 heterocycles. The summed E-state index contributed by atoms with van der Waals surface area (Å²) in [6.45, 7) is -0.115. The second kappa shape index (κ2) is 8.71. The summed E-state index contributed by atoms with van der Waals surface area (Å²) in [6, 6.07) is 0. The van der Waals surface area contributed by atoms with E-state index in [-0.39, 0.29) is 13.1 Å². The number of carbonyl (C=O) groups is 2. The summed E-state index contributed by atoms with van der Waals surface area (Å²) < 4.78 is 10.2. The highest BCUT2D eigenvalue weighted by Gasteiger charge is 2.30. The van der Waals surface area contributed by atoms with Gasteiger partial charge in [-0.15, -0.1) is 12.3 Å². The molecule has 6 nitrogen and oxygen atoms in total. The van der Waals surface area contributed by atoms with E-state index in [9.17, 15) is 4.79 Å². The van der Waals surface area contributed by atoms with Gasteiger partial charge < -0.3 is 19.7 Å². The summed E-state index contributed by atoms with van der Waals surface area (Å²) in [5.41, 5.74) is 0. The fourth-order valence-electron chi connectivity index (χ4n) is 1.11. The molecule has 0 amide bonds. The predicted molar refractivity (Wildman–Crippen MR) is 53.6 cm³/mol. The van der Waals surface area contributed by atoms with Gasteiger partial charge in [-0.05, 0) is 12.8 Å². The van der Waals surface area contributed by atoms with Crippen LogP contribution in [0.15, 0.2) is 0 Å². The second-order valence-corrected chi connectivity index (χ2v) is 2.93. The second-order valence-electron chi connectivity index (χ2n) is 2.93. The molecule has 1 rings (SSSR count). The number of carboxylic acids is 1.